The van der Waals surface area contributed by atoms with Gasteiger partial charge in [-0.3, -0.25) is 19.4 Å². The molecule has 0 aromatic heterocycles. The van der Waals surface area contributed by atoms with Crippen molar-refractivity contribution in [2.75, 3.05) is 23.8 Å². The molecule has 2 aliphatic heterocycles. The van der Waals surface area contributed by atoms with Gasteiger partial charge in [0.1, 0.15) is 0 Å². The molecule has 0 saturated heterocycles. The lowest BCUT2D eigenvalue weighted by Gasteiger charge is -2.30. The van der Waals surface area contributed by atoms with Crippen LogP contribution in [0.15, 0.2) is 83.8 Å². The van der Waals surface area contributed by atoms with Crippen molar-refractivity contribution in [2.45, 2.75) is 32.2 Å². The molecule has 1 atom stereocenters. The summed E-state index contributed by atoms with van der Waals surface area (Å²) in [6.45, 7) is 3.07. The van der Waals surface area contributed by atoms with E-state index in [-0.39, 0.29) is 11.7 Å². The van der Waals surface area contributed by atoms with E-state index in [1.807, 2.05) is 54.8 Å². The van der Waals surface area contributed by atoms with Crippen LogP contribution >= 0.6 is 0 Å². The van der Waals surface area contributed by atoms with Crippen molar-refractivity contribution in [3.05, 3.63) is 83.8 Å². The van der Waals surface area contributed by atoms with Crippen molar-refractivity contribution in [1.29, 1.82) is 0 Å². The number of carbonyl (C=O) groups excluding carboxylic acids is 2. The number of hydrogen-bond acceptors (Lipinski definition) is 4. The number of para-hydroxylation sites is 2. The Morgan fingerprint density at radius 3 is 2.83 bits per heavy atom. The Hall–Kier alpha value is -3.18. The largest absolute Gasteiger partial charge is 0.354 e. The van der Waals surface area contributed by atoms with Gasteiger partial charge >= 0.3 is 0 Å². The van der Waals surface area contributed by atoms with Gasteiger partial charge in [0.2, 0.25) is 5.91 Å². The molecule has 4 rings (SSSR count). The molecule has 5 nitrogen and oxygen atoms in total. The van der Waals surface area contributed by atoms with Crippen LogP contribution in [0.1, 0.15) is 26.2 Å². The Morgan fingerprint density at radius 1 is 1.17 bits per heavy atom. The van der Waals surface area contributed by atoms with Crippen molar-refractivity contribution < 1.29 is 9.59 Å². The molecule has 30 heavy (non-hydrogen) atoms. The summed E-state index contributed by atoms with van der Waals surface area (Å²) in [5, 5.41) is 3.43. The normalized spacial score (nSPS) is 21.7. The molecule has 3 aliphatic rings. The van der Waals surface area contributed by atoms with Crippen LogP contribution in [0.5, 0.6) is 0 Å². The van der Waals surface area contributed by atoms with E-state index in [0.29, 0.717) is 18.9 Å². The van der Waals surface area contributed by atoms with Crippen LogP contribution < -0.4 is 10.2 Å². The monoisotopic (exact) mass is 401 g/mol. The lowest BCUT2D eigenvalue weighted by molar-refractivity contribution is -0.117. The maximum Gasteiger partial charge on any atom is 0.235 e. The smallest absolute Gasteiger partial charge is 0.235 e. The van der Waals surface area contributed by atoms with Gasteiger partial charge < -0.3 is 5.32 Å². The summed E-state index contributed by atoms with van der Waals surface area (Å²) >= 11 is 0. The fraction of sp³-hybridized carbons (Fsp3) is 0.280. The number of nitrogens with zero attached hydrogens (tertiary/aromatic N) is 2. The fourth-order valence-corrected chi connectivity index (χ4v) is 3.93. The first-order valence-corrected chi connectivity index (χ1v) is 10.4. The van der Waals surface area contributed by atoms with Crippen LogP contribution in [-0.4, -0.2) is 36.2 Å². The van der Waals surface area contributed by atoms with E-state index in [9.17, 15) is 9.59 Å². The number of ketones is 1. The summed E-state index contributed by atoms with van der Waals surface area (Å²) in [4.78, 5) is 29.1. The minimum atomic E-state index is 0.0426. The van der Waals surface area contributed by atoms with E-state index in [1.54, 1.807) is 11.0 Å². The summed E-state index contributed by atoms with van der Waals surface area (Å²) in [6.07, 6.45) is 14.8. The Bertz CT molecular complexity index is 1010. The van der Waals surface area contributed by atoms with Gasteiger partial charge in [0.25, 0.3) is 0 Å². The standard InChI is InChI=1S/C25H27N3O2/c1-18-15-19(12-14-27(18)2)16-25(30)28-13-6-5-7-20-17-21(29)10-11-22(20)26-23-8-3-4-9-24(23)28/h3-13,18,26H,14-17H2,1-2H3. The molecule has 2 heterocycles. The molecule has 1 N–H and O–H groups in total. The summed E-state index contributed by atoms with van der Waals surface area (Å²) < 4.78 is 0. The molecule has 0 spiro atoms. The van der Waals surface area contributed by atoms with Gasteiger partial charge in [-0.15, -0.1) is 0 Å². The number of benzene rings is 1. The summed E-state index contributed by atoms with van der Waals surface area (Å²) in [5.41, 5.74) is 4.65. The summed E-state index contributed by atoms with van der Waals surface area (Å²) in [6, 6.07) is 8.22. The number of carbonyl (C=O) groups is 2. The third-order valence-corrected chi connectivity index (χ3v) is 5.85. The SMILES string of the molecule is CC1CC(CC(=O)N2C=CC=CC3=C(C=CC(=O)C3)Nc3ccccc32)=CCN1C. The highest BCUT2D eigenvalue weighted by atomic mass is 16.2. The van der Waals surface area contributed by atoms with Gasteiger partial charge in [0, 0.05) is 37.3 Å². The van der Waals surface area contributed by atoms with Gasteiger partial charge in [-0.1, -0.05) is 35.9 Å². The molecule has 0 fully saturated rings. The first-order valence-electron chi connectivity index (χ1n) is 10.4. The summed E-state index contributed by atoms with van der Waals surface area (Å²) in [7, 11) is 2.11. The van der Waals surface area contributed by atoms with Gasteiger partial charge in [-0.05, 0) is 56.3 Å². The van der Waals surface area contributed by atoms with Crippen molar-refractivity contribution in [1.82, 2.24) is 4.90 Å². The van der Waals surface area contributed by atoms with Crippen molar-refractivity contribution >= 4 is 23.1 Å². The lowest BCUT2D eigenvalue weighted by Crippen LogP contribution is -2.34. The number of allylic oxidation sites excluding steroid dienone is 6. The minimum absolute atomic E-state index is 0.0426. The number of hydrogen-bond donors (Lipinski definition) is 1. The first-order chi connectivity index (χ1) is 14.5. The minimum Gasteiger partial charge on any atom is -0.354 e. The van der Waals surface area contributed by atoms with Gasteiger partial charge in [0.05, 0.1) is 11.4 Å². The Kier molecular flexibility index (Phi) is 5.81. The highest BCUT2D eigenvalue weighted by Crippen LogP contribution is 2.32. The number of likely N-dealkylation sites (N-methyl/N-ethyl adjacent to an activating group) is 1. The second-order valence-electron chi connectivity index (χ2n) is 8.05. The number of nitrogens with one attached hydrogen (secondary N) is 1. The Labute approximate surface area is 177 Å². The van der Waals surface area contributed by atoms with Gasteiger partial charge in [0.15, 0.2) is 5.78 Å². The van der Waals surface area contributed by atoms with E-state index in [1.165, 1.54) is 5.57 Å². The predicted molar refractivity (Wildman–Crippen MR) is 121 cm³/mol. The Balaban J connectivity index is 1.64. The molecule has 1 aromatic carbocycles. The molecule has 1 unspecified atom stereocenters. The highest BCUT2D eigenvalue weighted by molar-refractivity contribution is 6.00. The van der Waals surface area contributed by atoms with Crippen LogP contribution in [0.25, 0.3) is 0 Å². The van der Waals surface area contributed by atoms with E-state index in [2.05, 4.69) is 30.3 Å². The molecule has 5 heteroatoms. The molecule has 0 radical (unpaired) electrons. The highest BCUT2D eigenvalue weighted by Gasteiger charge is 2.23. The topological polar surface area (TPSA) is 52.7 Å². The van der Waals surface area contributed by atoms with Crippen molar-refractivity contribution in [3.8, 4) is 0 Å². The predicted octanol–water partition coefficient (Wildman–Crippen LogP) is 4.34. The fourth-order valence-electron chi connectivity index (χ4n) is 3.93. The van der Waals surface area contributed by atoms with E-state index < -0.39 is 0 Å². The van der Waals surface area contributed by atoms with Crippen LogP contribution in [0, 0.1) is 0 Å². The third-order valence-electron chi connectivity index (χ3n) is 5.85. The van der Waals surface area contributed by atoms with Crippen LogP contribution in [0.2, 0.25) is 0 Å². The maximum absolute atomic E-state index is 13.3. The zero-order chi connectivity index (χ0) is 21.1. The molecule has 1 aliphatic carbocycles. The van der Waals surface area contributed by atoms with E-state index in [0.717, 1.165) is 35.6 Å². The number of anilines is 2. The molecule has 1 aromatic rings. The van der Waals surface area contributed by atoms with Crippen molar-refractivity contribution in [3.63, 3.8) is 0 Å². The molecule has 154 valence electrons. The zero-order valence-corrected chi connectivity index (χ0v) is 17.5. The molecule has 1 amide bonds. The molecular weight excluding hydrogens is 374 g/mol. The second-order valence-corrected chi connectivity index (χ2v) is 8.05. The Morgan fingerprint density at radius 2 is 2.00 bits per heavy atom. The van der Waals surface area contributed by atoms with E-state index >= 15 is 0 Å². The van der Waals surface area contributed by atoms with Gasteiger partial charge in [-0.25, -0.2) is 0 Å². The lowest BCUT2D eigenvalue weighted by atomic mass is 9.98. The van der Waals surface area contributed by atoms with Gasteiger partial charge in [-0.2, -0.15) is 0 Å². The van der Waals surface area contributed by atoms with Crippen LogP contribution in [-0.2, 0) is 9.59 Å². The average Bonchev–Trinajstić information content (AvgIpc) is 2.73. The molecule has 0 bridgehead atoms. The average molecular weight is 402 g/mol. The first kappa shape index (κ1) is 20.1. The van der Waals surface area contributed by atoms with Crippen LogP contribution in [0.3, 0.4) is 0 Å². The summed E-state index contributed by atoms with van der Waals surface area (Å²) in [5.74, 6) is 0.132. The molecule has 0 saturated carbocycles. The molecular formula is C25H27N3O2. The zero-order valence-electron chi connectivity index (χ0n) is 17.5. The van der Waals surface area contributed by atoms with Crippen LogP contribution in [0.4, 0.5) is 11.4 Å². The second kappa shape index (κ2) is 8.67. The number of rotatable bonds is 2. The third kappa shape index (κ3) is 4.36. The van der Waals surface area contributed by atoms with Crippen molar-refractivity contribution in [2.24, 2.45) is 0 Å². The quantitative estimate of drug-likeness (QED) is 0.749. The number of amides is 1. The maximum atomic E-state index is 13.3. The van der Waals surface area contributed by atoms with E-state index in [4.69, 9.17) is 0 Å². The number of fused-ring (bicyclic) bond motifs is 1.